The molecule has 0 radical (unpaired) electrons. The number of nitrogens with one attached hydrogen (secondary N) is 2. The van der Waals surface area contributed by atoms with Gasteiger partial charge in [0.25, 0.3) is 5.91 Å². The van der Waals surface area contributed by atoms with E-state index in [1.54, 1.807) is 41.6 Å². The second-order valence-electron chi connectivity index (χ2n) is 11.4. The molecule has 1 aromatic heterocycles. The number of aromatic nitrogens is 2. The molecule has 4 rings (SSSR count). The monoisotopic (exact) mass is 561 g/mol. The zero-order chi connectivity index (χ0) is 29.4. The number of hydrogen-bond donors (Lipinski definition) is 3. The first kappa shape index (κ1) is 29.6. The van der Waals surface area contributed by atoms with E-state index in [1.165, 1.54) is 4.90 Å². The molecule has 0 unspecified atom stereocenters. The van der Waals surface area contributed by atoms with Crippen molar-refractivity contribution in [2.24, 2.45) is 0 Å². The minimum Gasteiger partial charge on any atom is -0.465 e. The Kier molecular flexibility index (Phi) is 9.65. The zero-order valence-electron chi connectivity index (χ0n) is 23.9. The lowest BCUT2D eigenvalue weighted by atomic mass is 9.94. The van der Waals surface area contributed by atoms with E-state index < -0.39 is 17.8 Å². The van der Waals surface area contributed by atoms with Crippen LogP contribution in [0.1, 0.15) is 80.2 Å². The first-order valence-corrected chi connectivity index (χ1v) is 14.0. The van der Waals surface area contributed by atoms with Crippen molar-refractivity contribution in [3.8, 4) is 0 Å². The standard InChI is InChI=1S/C31H39N5O5/c1-31(2,3)41-30(40)35(21-27-32-17-18-33-27)19-22-9-13-24(14-10-22)28(37)34-25-15-11-23(12-16-25)20-36(29(38)39)26-7-5-4-6-8-26/h9-18,26H,4-8,19-21H2,1-3H3,(H,32,33)(H,34,37)(H,38,39). The first-order chi connectivity index (χ1) is 19.6. The number of rotatable bonds is 9. The highest BCUT2D eigenvalue weighted by molar-refractivity contribution is 6.04. The molecule has 1 saturated carbocycles. The van der Waals surface area contributed by atoms with E-state index >= 15 is 0 Å². The van der Waals surface area contributed by atoms with Crippen LogP contribution in [0.3, 0.4) is 0 Å². The Morgan fingerprint density at radius 2 is 1.59 bits per heavy atom. The third kappa shape index (κ3) is 8.83. The van der Waals surface area contributed by atoms with Gasteiger partial charge in [-0.1, -0.05) is 43.5 Å². The molecule has 1 fully saturated rings. The van der Waals surface area contributed by atoms with Crippen molar-refractivity contribution in [1.29, 1.82) is 0 Å². The van der Waals surface area contributed by atoms with Crippen LogP contribution in [0, 0.1) is 0 Å². The molecule has 10 heteroatoms. The van der Waals surface area contributed by atoms with Crippen LogP contribution in [0.5, 0.6) is 0 Å². The maximum Gasteiger partial charge on any atom is 0.410 e. The molecular weight excluding hydrogens is 522 g/mol. The fourth-order valence-corrected chi connectivity index (χ4v) is 4.90. The van der Waals surface area contributed by atoms with Gasteiger partial charge in [-0.05, 0) is 69.0 Å². The van der Waals surface area contributed by atoms with Crippen LogP contribution in [0.25, 0.3) is 0 Å². The summed E-state index contributed by atoms with van der Waals surface area (Å²) in [5.74, 6) is 0.376. The Hall–Kier alpha value is -4.34. The van der Waals surface area contributed by atoms with E-state index in [0.29, 0.717) is 23.6 Å². The second kappa shape index (κ2) is 13.3. The fourth-order valence-electron chi connectivity index (χ4n) is 4.90. The van der Waals surface area contributed by atoms with Gasteiger partial charge in [0.05, 0.1) is 6.54 Å². The molecule has 3 aromatic rings. The summed E-state index contributed by atoms with van der Waals surface area (Å²) >= 11 is 0. The normalized spacial score (nSPS) is 13.8. The van der Waals surface area contributed by atoms with E-state index in [0.717, 1.165) is 43.2 Å². The van der Waals surface area contributed by atoms with E-state index in [2.05, 4.69) is 15.3 Å². The summed E-state index contributed by atoms with van der Waals surface area (Å²) in [6, 6.07) is 14.4. The third-order valence-electron chi connectivity index (χ3n) is 6.96. The molecule has 0 saturated heterocycles. The van der Waals surface area contributed by atoms with E-state index in [1.807, 2.05) is 45.0 Å². The van der Waals surface area contributed by atoms with Crippen LogP contribution in [-0.2, 0) is 24.4 Å². The Balaban J connectivity index is 1.35. The fraction of sp³-hybridized carbons (Fsp3) is 0.419. The molecule has 1 heterocycles. The summed E-state index contributed by atoms with van der Waals surface area (Å²) in [4.78, 5) is 47.9. The lowest BCUT2D eigenvalue weighted by molar-refractivity contribution is 0.0211. The number of hydrogen-bond acceptors (Lipinski definition) is 5. The molecule has 2 aromatic carbocycles. The highest BCUT2D eigenvalue weighted by Gasteiger charge is 2.25. The van der Waals surface area contributed by atoms with Crippen LogP contribution >= 0.6 is 0 Å². The number of nitrogens with zero attached hydrogens (tertiary/aromatic N) is 3. The lowest BCUT2D eigenvalue weighted by Crippen LogP contribution is -2.40. The zero-order valence-corrected chi connectivity index (χ0v) is 23.9. The molecule has 10 nitrogen and oxygen atoms in total. The number of imidazole rings is 1. The molecular formula is C31H39N5O5. The summed E-state index contributed by atoms with van der Waals surface area (Å²) in [6.07, 6.45) is 7.08. The molecule has 218 valence electrons. The van der Waals surface area contributed by atoms with Crippen LogP contribution < -0.4 is 5.32 Å². The van der Waals surface area contributed by atoms with Crippen molar-refractivity contribution >= 4 is 23.8 Å². The predicted molar refractivity (Wildman–Crippen MR) is 155 cm³/mol. The largest absolute Gasteiger partial charge is 0.465 e. The molecule has 0 atom stereocenters. The van der Waals surface area contributed by atoms with Crippen molar-refractivity contribution in [2.45, 2.75) is 84.2 Å². The van der Waals surface area contributed by atoms with Crippen molar-refractivity contribution in [3.05, 3.63) is 83.4 Å². The summed E-state index contributed by atoms with van der Waals surface area (Å²) in [5.41, 5.74) is 2.18. The highest BCUT2D eigenvalue weighted by Crippen LogP contribution is 2.25. The second-order valence-corrected chi connectivity index (χ2v) is 11.4. The average Bonchev–Trinajstić information content (AvgIpc) is 3.45. The van der Waals surface area contributed by atoms with Gasteiger partial charge in [-0.25, -0.2) is 14.6 Å². The molecule has 3 amide bonds. The number of amides is 3. The maximum atomic E-state index is 12.9. The van der Waals surface area contributed by atoms with Gasteiger partial charge < -0.3 is 25.0 Å². The Morgan fingerprint density at radius 1 is 0.951 bits per heavy atom. The Morgan fingerprint density at radius 3 is 2.17 bits per heavy atom. The third-order valence-corrected chi connectivity index (χ3v) is 6.96. The number of carbonyl (C=O) groups excluding carboxylic acids is 2. The van der Waals surface area contributed by atoms with Crippen molar-refractivity contribution in [2.75, 3.05) is 5.32 Å². The maximum absolute atomic E-state index is 12.9. The number of H-pyrrole nitrogens is 1. The Bertz CT molecular complexity index is 1290. The van der Waals surface area contributed by atoms with E-state index in [9.17, 15) is 19.5 Å². The predicted octanol–water partition coefficient (Wildman–Crippen LogP) is 6.41. The van der Waals surface area contributed by atoms with Crippen LogP contribution in [-0.4, -0.2) is 54.6 Å². The number of benzene rings is 2. The number of anilines is 1. The SMILES string of the molecule is CC(C)(C)OC(=O)N(Cc1ccc(C(=O)Nc2ccc(CN(C(=O)O)C3CCCCC3)cc2)cc1)Cc1ncc[nH]1. The first-order valence-electron chi connectivity index (χ1n) is 14.0. The number of carboxylic acid groups (broad SMARTS) is 1. The van der Waals surface area contributed by atoms with Gasteiger partial charge in [0.15, 0.2) is 0 Å². The molecule has 0 spiro atoms. The molecule has 0 aliphatic heterocycles. The van der Waals surface area contributed by atoms with Gasteiger partial charge >= 0.3 is 12.2 Å². The summed E-state index contributed by atoms with van der Waals surface area (Å²) in [6.45, 7) is 6.32. The number of ether oxygens (including phenoxy) is 1. The van der Waals surface area contributed by atoms with Gasteiger partial charge in [0, 0.05) is 42.8 Å². The molecule has 1 aliphatic carbocycles. The molecule has 3 N–H and O–H groups in total. The summed E-state index contributed by atoms with van der Waals surface area (Å²) in [7, 11) is 0. The van der Waals surface area contributed by atoms with Crippen molar-refractivity contribution < 1.29 is 24.2 Å². The minimum absolute atomic E-state index is 0.0601. The number of carbonyl (C=O) groups is 3. The van der Waals surface area contributed by atoms with E-state index in [4.69, 9.17) is 4.74 Å². The quantitative estimate of drug-likeness (QED) is 0.277. The van der Waals surface area contributed by atoms with Crippen molar-refractivity contribution in [1.82, 2.24) is 19.8 Å². The van der Waals surface area contributed by atoms with Gasteiger partial charge in [0.2, 0.25) is 0 Å². The van der Waals surface area contributed by atoms with Gasteiger partial charge in [0.1, 0.15) is 11.4 Å². The smallest absolute Gasteiger partial charge is 0.410 e. The van der Waals surface area contributed by atoms with Crippen LogP contribution in [0.15, 0.2) is 60.9 Å². The molecule has 0 bridgehead atoms. The highest BCUT2D eigenvalue weighted by atomic mass is 16.6. The van der Waals surface area contributed by atoms with Crippen LogP contribution in [0.4, 0.5) is 15.3 Å². The van der Waals surface area contributed by atoms with Gasteiger partial charge in [-0.3, -0.25) is 9.69 Å². The topological polar surface area (TPSA) is 128 Å². The van der Waals surface area contributed by atoms with Gasteiger partial charge in [-0.15, -0.1) is 0 Å². The Labute approximate surface area is 240 Å². The number of aromatic amines is 1. The molecule has 41 heavy (non-hydrogen) atoms. The summed E-state index contributed by atoms with van der Waals surface area (Å²) < 4.78 is 5.57. The lowest BCUT2D eigenvalue weighted by Gasteiger charge is -2.32. The summed E-state index contributed by atoms with van der Waals surface area (Å²) in [5, 5.41) is 12.6. The average molecular weight is 562 g/mol. The van der Waals surface area contributed by atoms with Crippen molar-refractivity contribution in [3.63, 3.8) is 0 Å². The van der Waals surface area contributed by atoms with Gasteiger partial charge in [-0.2, -0.15) is 0 Å². The molecule has 1 aliphatic rings. The minimum atomic E-state index is -0.895. The van der Waals surface area contributed by atoms with E-state index in [-0.39, 0.29) is 25.0 Å². The van der Waals surface area contributed by atoms with Crippen LogP contribution in [0.2, 0.25) is 0 Å².